The number of sulfone groups is 1. The summed E-state index contributed by atoms with van der Waals surface area (Å²) in [6.07, 6.45) is 1.53. The molecule has 0 atom stereocenters. The molecule has 3 rings (SSSR count). The molecule has 0 unspecified atom stereocenters. The van der Waals surface area contributed by atoms with Crippen LogP contribution in [0.1, 0.15) is 17.5 Å². The van der Waals surface area contributed by atoms with Crippen molar-refractivity contribution in [2.24, 2.45) is 0 Å². The Morgan fingerprint density at radius 1 is 1.21 bits per heavy atom. The molecule has 1 aliphatic rings. The zero-order chi connectivity index (χ0) is 17.2. The summed E-state index contributed by atoms with van der Waals surface area (Å²) in [6.45, 7) is 0. The van der Waals surface area contributed by atoms with E-state index in [1.54, 1.807) is 25.3 Å². The Labute approximate surface area is 141 Å². The molecule has 5 nitrogen and oxygen atoms in total. The summed E-state index contributed by atoms with van der Waals surface area (Å²) in [4.78, 5) is 12.6. The van der Waals surface area contributed by atoms with E-state index in [0.29, 0.717) is 29.2 Å². The fourth-order valence-electron chi connectivity index (χ4n) is 2.95. The number of anilines is 1. The molecular formula is C18H19NO4S. The lowest BCUT2D eigenvalue weighted by Gasteiger charge is -2.17. The van der Waals surface area contributed by atoms with E-state index < -0.39 is 9.84 Å². The van der Waals surface area contributed by atoms with Crippen molar-refractivity contribution >= 4 is 21.4 Å². The lowest BCUT2D eigenvalue weighted by molar-refractivity contribution is -0.115. The van der Waals surface area contributed by atoms with Gasteiger partial charge in [-0.1, -0.05) is 18.2 Å². The van der Waals surface area contributed by atoms with Gasteiger partial charge in [0.1, 0.15) is 5.75 Å². The fraction of sp³-hybridized carbons (Fsp3) is 0.278. The van der Waals surface area contributed by atoms with Crippen molar-refractivity contribution in [2.45, 2.75) is 24.2 Å². The second kappa shape index (κ2) is 6.65. The van der Waals surface area contributed by atoms with Gasteiger partial charge in [-0.3, -0.25) is 4.79 Å². The predicted octanol–water partition coefficient (Wildman–Crippen LogP) is 2.60. The second-order valence-corrected chi connectivity index (χ2v) is 7.86. The molecule has 2 aromatic rings. The summed E-state index contributed by atoms with van der Waals surface area (Å²) >= 11 is 0. The third-order valence-electron chi connectivity index (χ3n) is 4.08. The van der Waals surface area contributed by atoms with Gasteiger partial charge in [0, 0.05) is 11.3 Å². The molecule has 0 saturated heterocycles. The van der Waals surface area contributed by atoms with Gasteiger partial charge < -0.3 is 10.1 Å². The Bertz CT molecular complexity index is 874. The highest BCUT2D eigenvalue weighted by atomic mass is 32.2. The molecule has 1 heterocycles. The summed E-state index contributed by atoms with van der Waals surface area (Å²) in [5.74, 6) is 0.696. The van der Waals surface area contributed by atoms with E-state index in [-0.39, 0.29) is 18.1 Å². The normalized spacial score (nSPS) is 15.4. The summed E-state index contributed by atoms with van der Waals surface area (Å²) in [5, 5.41) is 2.83. The lowest BCUT2D eigenvalue weighted by Crippen LogP contribution is -2.18. The van der Waals surface area contributed by atoms with E-state index in [2.05, 4.69) is 5.32 Å². The molecule has 126 valence electrons. The number of fused-ring (bicyclic) bond motifs is 1. The number of ether oxygens (including phenoxy) is 1. The van der Waals surface area contributed by atoms with Crippen molar-refractivity contribution < 1.29 is 17.9 Å². The quantitative estimate of drug-likeness (QED) is 0.924. The SMILES string of the molecule is COc1ccccc1CC(=O)Nc1ccc2c(c1)CCCS2(=O)=O. The maximum atomic E-state index is 12.3. The van der Waals surface area contributed by atoms with Gasteiger partial charge in [-0.05, 0) is 42.7 Å². The van der Waals surface area contributed by atoms with Gasteiger partial charge in [0.15, 0.2) is 9.84 Å². The Hall–Kier alpha value is -2.34. The van der Waals surface area contributed by atoms with Crippen LogP contribution < -0.4 is 10.1 Å². The van der Waals surface area contributed by atoms with Gasteiger partial charge in [0.05, 0.1) is 24.2 Å². The number of hydrogen-bond acceptors (Lipinski definition) is 4. The zero-order valence-electron chi connectivity index (χ0n) is 13.4. The van der Waals surface area contributed by atoms with Gasteiger partial charge in [-0.25, -0.2) is 8.42 Å². The summed E-state index contributed by atoms with van der Waals surface area (Å²) < 4.78 is 29.3. The van der Waals surface area contributed by atoms with Crippen LogP contribution in [0.2, 0.25) is 0 Å². The summed E-state index contributed by atoms with van der Waals surface area (Å²) in [7, 11) is -1.60. The molecule has 0 aromatic heterocycles. The number of carbonyl (C=O) groups excluding carboxylic acids is 1. The van der Waals surface area contributed by atoms with Crippen LogP contribution in [0.4, 0.5) is 5.69 Å². The number of nitrogens with one attached hydrogen (secondary N) is 1. The van der Waals surface area contributed by atoms with Crippen LogP contribution in [0.15, 0.2) is 47.4 Å². The van der Waals surface area contributed by atoms with Gasteiger partial charge in [0.2, 0.25) is 5.91 Å². The maximum Gasteiger partial charge on any atom is 0.228 e. The molecule has 0 fully saturated rings. The average molecular weight is 345 g/mol. The van der Waals surface area contributed by atoms with Crippen molar-refractivity contribution in [1.82, 2.24) is 0 Å². The Morgan fingerprint density at radius 2 is 2.00 bits per heavy atom. The predicted molar refractivity (Wildman–Crippen MR) is 92.1 cm³/mol. The number of benzene rings is 2. The molecule has 1 N–H and O–H groups in total. The topological polar surface area (TPSA) is 72.5 Å². The van der Waals surface area contributed by atoms with Crippen LogP contribution in [-0.2, 0) is 27.5 Å². The van der Waals surface area contributed by atoms with Crippen molar-refractivity contribution in [3.8, 4) is 5.75 Å². The molecule has 2 aromatic carbocycles. The molecule has 0 spiro atoms. The number of para-hydroxylation sites is 1. The molecule has 6 heteroatoms. The van der Waals surface area contributed by atoms with Crippen LogP contribution in [0.5, 0.6) is 5.75 Å². The van der Waals surface area contributed by atoms with E-state index in [9.17, 15) is 13.2 Å². The smallest absolute Gasteiger partial charge is 0.228 e. The van der Waals surface area contributed by atoms with E-state index in [4.69, 9.17) is 4.74 Å². The minimum atomic E-state index is -3.17. The molecule has 1 amide bonds. The first-order chi connectivity index (χ1) is 11.5. The van der Waals surface area contributed by atoms with Gasteiger partial charge in [-0.2, -0.15) is 0 Å². The number of carbonyl (C=O) groups is 1. The maximum absolute atomic E-state index is 12.3. The van der Waals surface area contributed by atoms with E-state index in [0.717, 1.165) is 11.1 Å². The van der Waals surface area contributed by atoms with Gasteiger partial charge in [0.25, 0.3) is 0 Å². The Morgan fingerprint density at radius 3 is 2.79 bits per heavy atom. The zero-order valence-corrected chi connectivity index (χ0v) is 14.2. The van der Waals surface area contributed by atoms with Crippen LogP contribution in [0, 0.1) is 0 Å². The largest absolute Gasteiger partial charge is 0.496 e. The van der Waals surface area contributed by atoms with Crippen LogP contribution >= 0.6 is 0 Å². The first-order valence-corrected chi connectivity index (χ1v) is 9.42. The number of rotatable bonds is 4. The Kier molecular flexibility index (Phi) is 4.57. The molecule has 0 bridgehead atoms. The van der Waals surface area contributed by atoms with Gasteiger partial charge in [-0.15, -0.1) is 0 Å². The van der Waals surface area contributed by atoms with Crippen LogP contribution in [0.25, 0.3) is 0 Å². The fourth-order valence-corrected chi connectivity index (χ4v) is 4.53. The summed E-state index contributed by atoms with van der Waals surface area (Å²) in [5.41, 5.74) is 2.19. The van der Waals surface area contributed by atoms with Crippen molar-refractivity contribution in [1.29, 1.82) is 0 Å². The Balaban J connectivity index is 1.76. The third-order valence-corrected chi connectivity index (χ3v) is 5.98. The van der Waals surface area contributed by atoms with Crippen LogP contribution in [-0.4, -0.2) is 27.2 Å². The van der Waals surface area contributed by atoms with Crippen LogP contribution in [0.3, 0.4) is 0 Å². The third kappa shape index (κ3) is 3.43. The first kappa shape index (κ1) is 16.5. The van der Waals surface area contributed by atoms with Crippen molar-refractivity contribution in [3.63, 3.8) is 0 Å². The average Bonchev–Trinajstić information content (AvgIpc) is 2.54. The van der Waals surface area contributed by atoms with Crippen molar-refractivity contribution in [2.75, 3.05) is 18.2 Å². The van der Waals surface area contributed by atoms with Gasteiger partial charge >= 0.3 is 0 Å². The molecule has 0 saturated carbocycles. The molecule has 24 heavy (non-hydrogen) atoms. The highest BCUT2D eigenvalue weighted by Crippen LogP contribution is 2.27. The second-order valence-electron chi connectivity index (χ2n) is 5.78. The van der Waals surface area contributed by atoms with E-state index in [1.807, 2.05) is 24.3 Å². The monoisotopic (exact) mass is 345 g/mol. The first-order valence-electron chi connectivity index (χ1n) is 7.77. The number of hydrogen-bond donors (Lipinski definition) is 1. The molecule has 0 radical (unpaired) electrons. The minimum Gasteiger partial charge on any atom is -0.496 e. The highest BCUT2D eigenvalue weighted by molar-refractivity contribution is 7.91. The molecule has 0 aliphatic carbocycles. The summed E-state index contributed by atoms with van der Waals surface area (Å²) in [6, 6.07) is 12.3. The standard InChI is InChI=1S/C18H19NO4S/c1-23-16-7-3-2-5-13(16)12-18(20)19-15-8-9-17-14(11-15)6-4-10-24(17,21)22/h2-3,5,7-9,11H,4,6,10,12H2,1H3,(H,19,20). The van der Waals surface area contributed by atoms with E-state index >= 15 is 0 Å². The number of amides is 1. The number of methoxy groups -OCH3 is 1. The van der Waals surface area contributed by atoms with Crippen molar-refractivity contribution in [3.05, 3.63) is 53.6 Å². The van der Waals surface area contributed by atoms with E-state index in [1.165, 1.54) is 0 Å². The number of aryl methyl sites for hydroxylation is 1. The highest BCUT2D eigenvalue weighted by Gasteiger charge is 2.23. The lowest BCUT2D eigenvalue weighted by atomic mass is 10.1. The molecule has 1 aliphatic heterocycles. The minimum absolute atomic E-state index is 0.168. The molecular weight excluding hydrogens is 326 g/mol.